The topological polar surface area (TPSA) is 172 Å². The number of nitrogens with zero attached hydrogens (tertiary/aromatic N) is 7. The van der Waals surface area contributed by atoms with Crippen LogP contribution in [0.2, 0.25) is 0 Å². The van der Waals surface area contributed by atoms with Gasteiger partial charge in [-0.1, -0.05) is 70.9 Å². The number of amides is 1. The largest absolute Gasteiger partial charge is 1.00 e. The van der Waals surface area contributed by atoms with E-state index in [0.29, 0.717) is 42.6 Å². The Bertz CT molecular complexity index is 2620. The minimum Gasteiger partial charge on any atom is -0.870 e. The van der Waals surface area contributed by atoms with E-state index in [0.717, 1.165) is 73.5 Å². The third-order valence-corrected chi connectivity index (χ3v) is 13.6. The molecule has 2 unspecified atom stereocenters. The second-order valence-corrected chi connectivity index (χ2v) is 18.7. The Balaban J connectivity index is 0.000000732. The van der Waals surface area contributed by atoms with Gasteiger partial charge in [0.1, 0.15) is 17.9 Å². The summed E-state index contributed by atoms with van der Waals surface area (Å²) >= 11 is 0. The van der Waals surface area contributed by atoms with Gasteiger partial charge >= 0.3 is 57.1 Å². The number of aryl methyl sites for hydroxylation is 1. The van der Waals surface area contributed by atoms with Gasteiger partial charge < -0.3 is 33.3 Å². The minimum absolute atomic E-state index is 0. The molecule has 18 heteroatoms. The Morgan fingerprint density at radius 2 is 1.59 bits per heavy atom. The van der Waals surface area contributed by atoms with Crippen LogP contribution in [0.25, 0.3) is 16.6 Å². The van der Waals surface area contributed by atoms with E-state index in [2.05, 4.69) is 64.5 Å². The Morgan fingerprint density at radius 3 is 2.09 bits per heavy atom. The molecule has 0 bridgehead atoms. The number of likely N-dealkylation sites (N-methyl/N-ethyl adjacent to an activating group) is 2. The van der Waals surface area contributed by atoms with E-state index in [4.69, 9.17) is 5.73 Å². The molecule has 3 aromatic rings. The van der Waals surface area contributed by atoms with E-state index >= 15 is 0 Å². The number of nitrogens with two attached hydrogens (primary N) is 1. The van der Waals surface area contributed by atoms with Crippen LogP contribution in [0.1, 0.15) is 115 Å². The molecule has 1 saturated heterocycles. The van der Waals surface area contributed by atoms with Gasteiger partial charge in [0.2, 0.25) is 5.91 Å². The van der Waals surface area contributed by atoms with Crippen molar-refractivity contribution < 1.29 is 84.4 Å². The van der Waals surface area contributed by atoms with Crippen molar-refractivity contribution in [3.8, 4) is 0 Å². The molecule has 2 aromatic carbocycles. The minimum atomic E-state index is -0.738. The Hall–Kier alpha value is -4.50. The van der Waals surface area contributed by atoms with E-state index in [9.17, 15) is 32.3 Å². The summed E-state index contributed by atoms with van der Waals surface area (Å²) in [7, 11) is 6.55. The molecule has 2 atom stereocenters. The van der Waals surface area contributed by atoms with Crippen molar-refractivity contribution in [3.63, 3.8) is 0 Å². The number of aldehydes is 1. The third kappa shape index (κ3) is 19.4. The van der Waals surface area contributed by atoms with Gasteiger partial charge in [-0.25, -0.2) is 18.0 Å². The zero-order chi connectivity index (χ0) is 55.2. The number of hydrogen-bond donors (Lipinski definition) is 2. The molecule has 4 N–H and O–H groups in total. The summed E-state index contributed by atoms with van der Waals surface area (Å²) in [5.41, 5.74) is 10.8. The van der Waals surface area contributed by atoms with Crippen LogP contribution in [0.4, 0.5) is 13.2 Å². The molecule has 0 aliphatic carbocycles. The quantitative estimate of drug-likeness (QED) is 0.0202. The Morgan fingerprint density at radius 1 is 0.987 bits per heavy atom. The van der Waals surface area contributed by atoms with Gasteiger partial charge in [-0.2, -0.15) is 6.42 Å². The first-order valence-corrected chi connectivity index (χ1v) is 25.9. The van der Waals surface area contributed by atoms with Gasteiger partial charge in [-0.15, -0.1) is 0 Å². The molecular formula is C58H84F3KN9O5-. The number of piperazine rings is 1. The number of fused-ring (bicyclic) bond motifs is 1. The van der Waals surface area contributed by atoms with E-state index in [1.807, 2.05) is 45.9 Å². The second kappa shape index (κ2) is 35.1. The molecule has 2 aliphatic rings. The summed E-state index contributed by atoms with van der Waals surface area (Å²) < 4.78 is 47.1. The molecule has 5 rings (SSSR count). The molecule has 1 fully saturated rings. The molecule has 0 radical (unpaired) electrons. The number of imidazole rings is 1. The number of hydrogen-bond acceptors (Lipinski definition) is 11. The molecular weight excluding hydrogens is 999 g/mol. The number of carbonyl (C=O) groups excluding carboxylic acids is 3. The molecule has 76 heavy (non-hydrogen) atoms. The van der Waals surface area contributed by atoms with Crippen molar-refractivity contribution in [2.45, 2.75) is 106 Å². The number of rotatable bonds is 23. The van der Waals surface area contributed by atoms with Crippen LogP contribution in [0.3, 0.4) is 0 Å². The number of halogens is 3. The van der Waals surface area contributed by atoms with Crippen molar-refractivity contribution >= 4 is 40.8 Å². The van der Waals surface area contributed by atoms with E-state index < -0.39 is 35.2 Å². The van der Waals surface area contributed by atoms with Crippen LogP contribution < -0.4 is 68.1 Å². The fourth-order valence-corrected chi connectivity index (χ4v) is 9.46. The van der Waals surface area contributed by atoms with Gasteiger partial charge in [0.25, 0.3) is 0 Å². The third-order valence-electron chi connectivity index (χ3n) is 13.6. The molecule has 0 saturated carbocycles. The van der Waals surface area contributed by atoms with Crippen LogP contribution in [0.15, 0.2) is 106 Å². The molecule has 1 amide bonds. The standard InChI is InChI=1S/C31H37F3N4O2.C25H40N5O2.C2H6.K.H2O/c1-20(16-21(2)30(8-12-35-5)37(7)19-28(34)29(36-6)11-15-39)22(3)38-13-9-24(10-14-38)31-26(32)17-25(23(4)40)18-27(31)33;1-5-8-19(9-6-2)17-28-12-14-29(15-13-28)18-20-10-11-22-23(16-20)27(4)25(32)30(22)21(7-3)24(26)31;1-2;;/h8-9,11-12,15-19,22,36H,2,10,13-14H2,1,3-7H3;10-11,16,19,21H,3,5-9,12-15,17-18H2,1-2,4H3,(H2,26,31);1-2H3;;1H2/q;-1;;+1;/p-1/b20-16+,28-19+,29-11+,30-8+,35-12?;;;;. The first-order chi connectivity index (χ1) is 35.3. The first-order valence-electron chi connectivity index (χ1n) is 25.9. The van der Waals surface area contributed by atoms with Gasteiger partial charge in [0, 0.05) is 122 Å². The zero-order valence-corrected chi connectivity index (χ0v) is 50.5. The average molecular weight is 1080 g/mol. The smallest absolute Gasteiger partial charge is 0.870 e. The van der Waals surface area contributed by atoms with Crippen LogP contribution in [0.5, 0.6) is 0 Å². The van der Waals surface area contributed by atoms with Crippen molar-refractivity contribution in [1.82, 2.24) is 34.1 Å². The molecule has 1 aromatic heterocycles. The number of carbonyl (C=O) groups is 3. The molecule has 3 heterocycles. The summed E-state index contributed by atoms with van der Waals surface area (Å²) in [4.78, 5) is 59.8. The Labute approximate surface area is 493 Å². The van der Waals surface area contributed by atoms with E-state index in [1.54, 1.807) is 42.9 Å². The molecule has 0 spiro atoms. The maximum absolute atomic E-state index is 14.7. The maximum Gasteiger partial charge on any atom is 1.00 e. The summed E-state index contributed by atoms with van der Waals surface area (Å²) in [5.74, 6) is -2.20. The van der Waals surface area contributed by atoms with Crippen molar-refractivity contribution in [3.05, 3.63) is 142 Å². The predicted octanol–water partition coefficient (Wildman–Crippen LogP) is 6.55. The normalized spacial score (nSPS) is 15.9. The predicted molar refractivity (Wildman–Crippen MR) is 299 cm³/mol. The summed E-state index contributed by atoms with van der Waals surface area (Å²) in [5, 5.41) is 2.64. The van der Waals surface area contributed by atoms with Gasteiger partial charge in [0.15, 0.2) is 11.6 Å². The monoisotopic (exact) mass is 1080 g/mol. The van der Waals surface area contributed by atoms with Crippen molar-refractivity contribution in [2.24, 2.45) is 23.7 Å². The number of benzene rings is 2. The fraction of sp³-hybridized carbons (Fsp3) is 0.483. The van der Waals surface area contributed by atoms with Crippen LogP contribution in [-0.2, 0) is 23.2 Å². The second-order valence-electron chi connectivity index (χ2n) is 18.7. The van der Waals surface area contributed by atoms with Crippen molar-refractivity contribution in [2.75, 3.05) is 67.0 Å². The molecule has 414 valence electrons. The fourth-order valence-electron chi connectivity index (χ4n) is 9.46. The van der Waals surface area contributed by atoms with E-state index in [-0.39, 0.29) is 91.8 Å². The Kier molecular flexibility index (Phi) is 32.1. The summed E-state index contributed by atoms with van der Waals surface area (Å²) in [6, 6.07) is 7.49. The van der Waals surface area contributed by atoms with Crippen molar-refractivity contribution in [1.29, 1.82) is 0 Å². The number of aromatic nitrogens is 2. The zero-order valence-electron chi connectivity index (χ0n) is 47.4. The maximum atomic E-state index is 14.7. The number of Topliss-reactive ketones (excluding diaryl/α,β-unsaturated/α-hetero) is 1. The number of allylic oxidation sites excluding steroid dienone is 4. The summed E-state index contributed by atoms with van der Waals surface area (Å²) in [6.45, 7) is 29.3. The van der Waals surface area contributed by atoms with Gasteiger partial charge in [0.05, 0.1) is 22.8 Å². The molecule has 2 aliphatic heterocycles. The number of primary amides is 1. The van der Waals surface area contributed by atoms with Gasteiger partial charge in [-0.3, -0.25) is 38.3 Å². The van der Waals surface area contributed by atoms with Crippen LogP contribution in [0, 0.1) is 24.5 Å². The average Bonchev–Trinajstić information content (AvgIpc) is 3.61. The number of nitrogens with one attached hydrogen (secondary N) is 1. The summed E-state index contributed by atoms with van der Waals surface area (Å²) in [6.07, 6.45) is 15.7. The van der Waals surface area contributed by atoms with Crippen LogP contribution in [-0.4, -0.2) is 131 Å². The van der Waals surface area contributed by atoms with Crippen LogP contribution >= 0.6 is 0 Å². The van der Waals surface area contributed by atoms with Gasteiger partial charge in [-0.05, 0) is 93.0 Å². The van der Waals surface area contributed by atoms with E-state index in [1.165, 1.54) is 62.5 Å². The SMILES string of the molecule is C=C(/C=C(\C)C(C)N1CC=C(c2c(F)cc(C(C)=O)cc2F)CC1)/C(=C\C=NC)N(C)/C=C(F)\C(=C/C=O)NC.CC.[CH2-]CC(C(N)=O)n1c(=O)n(C)c2cc(CN3CCN(CC(CCC)CCC)CC3)ccc21.[K+].[OH-]. The molecule has 14 nitrogen and oxygen atoms in total. The number of aliphatic imine (C=N–C) groups is 1. The number of ketones is 1. The first kappa shape index (κ1) is 69.5.